The standard InChI is InChI=1S/C22H26ClN5O2.ClH/c1-13-15-3-4-24-7-16(15)17-11-28(12-18(17)26-13)22(29)5-14-9-27(10-14)19-6-21(23)25-8-20(19)30-2;/h6,8,14,24H,3-5,7,9-12H2,1-2H3;1H. The highest BCUT2D eigenvalue weighted by Gasteiger charge is 2.35. The van der Waals surface area contributed by atoms with Crippen molar-refractivity contribution in [1.29, 1.82) is 0 Å². The molecule has 9 heteroatoms. The zero-order valence-corrected chi connectivity index (χ0v) is 19.4. The quantitative estimate of drug-likeness (QED) is 0.702. The van der Waals surface area contributed by atoms with Crippen LogP contribution in [0.1, 0.15) is 34.5 Å². The molecule has 0 atom stereocenters. The SMILES string of the molecule is COc1cnc(Cl)cc1N1CC(CC(=O)N2Cc3nc(C)c4c(c3C2)CNCC4)C1.Cl. The summed E-state index contributed by atoms with van der Waals surface area (Å²) < 4.78 is 5.40. The Morgan fingerprint density at radius 1 is 1.29 bits per heavy atom. The maximum Gasteiger partial charge on any atom is 0.223 e. The molecule has 0 bridgehead atoms. The Hall–Kier alpha value is -2.09. The molecule has 0 saturated carbocycles. The number of nitrogens with zero attached hydrogens (tertiary/aromatic N) is 4. The molecule has 2 aromatic rings. The van der Waals surface area contributed by atoms with Gasteiger partial charge in [-0.05, 0) is 36.6 Å². The second-order valence-corrected chi connectivity index (χ2v) is 8.80. The van der Waals surface area contributed by atoms with E-state index in [0.717, 1.165) is 49.7 Å². The molecule has 1 N–H and O–H groups in total. The van der Waals surface area contributed by atoms with Crippen LogP contribution in [0.3, 0.4) is 0 Å². The Balaban J connectivity index is 0.00000231. The van der Waals surface area contributed by atoms with Gasteiger partial charge >= 0.3 is 0 Å². The molecule has 7 nitrogen and oxygen atoms in total. The van der Waals surface area contributed by atoms with Gasteiger partial charge in [0, 0.05) is 50.3 Å². The number of hydrogen-bond acceptors (Lipinski definition) is 6. The number of nitrogens with one attached hydrogen (secondary N) is 1. The maximum atomic E-state index is 13.0. The van der Waals surface area contributed by atoms with E-state index in [1.807, 2.05) is 11.0 Å². The van der Waals surface area contributed by atoms with E-state index < -0.39 is 0 Å². The largest absolute Gasteiger partial charge is 0.493 e. The van der Waals surface area contributed by atoms with Crippen molar-refractivity contribution in [2.24, 2.45) is 5.92 Å². The summed E-state index contributed by atoms with van der Waals surface area (Å²) in [5.41, 5.74) is 7.15. The fourth-order valence-corrected chi connectivity index (χ4v) is 5.04. The summed E-state index contributed by atoms with van der Waals surface area (Å²) in [6, 6.07) is 1.82. The van der Waals surface area contributed by atoms with Gasteiger partial charge in [-0.2, -0.15) is 0 Å². The van der Waals surface area contributed by atoms with Crippen LogP contribution in [0.15, 0.2) is 12.3 Å². The van der Waals surface area contributed by atoms with E-state index in [-0.39, 0.29) is 18.3 Å². The fraction of sp³-hybridized carbons (Fsp3) is 0.500. The summed E-state index contributed by atoms with van der Waals surface area (Å²) in [4.78, 5) is 26.1. The van der Waals surface area contributed by atoms with Crippen molar-refractivity contribution in [3.05, 3.63) is 45.5 Å². The van der Waals surface area contributed by atoms with Crippen molar-refractivity contribution >= 4 is 35.6 Å². The molecule has 0 unspecified atom stereocenters. The number of anilines is 1. The zero-order chi connectivity index (χ0) is 20.8. The van der Waals surface area contributed by atoms with Crippen LogP contribution < -0.4 is 15.0 Å². The number of carbonyl (C=O) groups is 1. The highest BCUT2D eigenvalue weighted by atomic mass is 35.5. The van der Waals surface area contributed by atoms with Crippen LogP contribution in [-0.4, -0.2) is 47.5 Å². The summed E-state index contributed by atoms with van der Waals surface area (Å²) in [5.74, 6) is 1.26. The molecule has 0 radical (unpaired) electrons. The summed E-state index contributed by atoms with van der Waals surface area (Å²) in [6.07, 6.45) is 3.23. The molecule has 1 amide bonds. The number of halogens is 2. The van der Waals surface area contributed by atoms with Crippen LogP contribution in [-0.2, 0) is 30.8 Å². The normalized spacial score (nSPS) is 17.5. The van der Waals surface area contributed by atoms with Crippen molar-refractivity contribution < 1.29 is 9.53 Å². The first-order valence-corrected chi connectivity index (χ1v) is 10.8. The summed E-state index contributed by atoms with van der Waals surface area (Å²) in [5, 5.41) is 3.91. The number of rotatable bonds is 4. The summed E-state index contributed by atoms with van der Waals surface area (Å²) >= 11 is 6.05. The first kappa shape index (κ1) is 22.1. The molecule has 3 aliphatic heterocycles. The third-order valence-corrected chi connectivity index (χ3v) is 6.71. The fourth-order valence-electron chi connectivity index (χ4n) is 4.89. The lowest BCUT2D eigenvalue weighted by Gasteiger charge is -2.41. The molecule has 1 fully saturated rings. The second kappa shape index (κ2) is 8.81. The monoisotopic (exact) mass is 463 g/mol. The highest BCUT2D eigenvalue weighted by molar-refractivity contribution is 6.29. The molecule has 166 valence electrons. The molecule has 3 aliphatic rings. The van der Waals surface area contributed by atoms with Crippen LogP contribution in [0.4, 0.5) is 5.69 Å². The van der Waals surface area contributed by atoms with Gasteiger partial charge in [0.2, 0.25) is 5.91 Å². The minimum Gasteiger partial charge on any atom is -0.493 e. The lowest BCUT2D eigenvalue weighted by molar-refractivity contribution is -0.133. The lowest BCUT2D eigenvalue weighted by Crippen LogP contribution is -2.48. The molecule has 5 heterocycles. The Morgan fingerprint density at radius 3 is 2.87 bits per heavy atom. The summed E-state index contributed by atoms with van der Waals surface area (Å²) in [6.45, 7) is 6.94. The minimum absolute atomic E-state index is 0. The Kier molecular flexibility index (Phi) is 6.28. The topological polar surface area (TPSA) is 70.6 Å². The van der Waals surface area contributed by atoms with Crippen LogP contribution in [0.2, 0.25) is 5.15 Å². The van der Waals surface area contributed by atoms with Gasteiger partial charge in [-0.15, -0.1) is 12.4 Å². The van der Waals surface area contributed by atoms with E-state index in [0.29, 0.717) is 36.3 Å². The molecular weight excluding hydrogens is 437 g/mol. The second-order valence-electron chi connectivity index (χ2n) is 8.41. The van der Waals surface area contributed by atoms with Gasteiger partial charge in [0.15, 0.2) is 5.75 Å². The van der Waals surface area contributed by atoms with Gasteiger partial charge in [0.05, 0.1) is 31.2 Å². The number of aryl methyl sites for hydroxylation is 1. The third kappa shape index (κ3) is 4.06. The molecule has 0 aromatic carbocycles. The Morgan fingerprint density at radius 2 is 2.10 bits per heavy atom. The number of pyridine rings is 2. The zero-order valence-electron chi connectivity index (χ0n) is 17.8. The van der Waals surface area contributed by atoms with E-state index in [4.69, 9.17) is 21.3 Å². The van der Waals surface area contributed by atoms with Crippen molar-refractivity contribution in [3.63, 3.8) is 0 Å². The molecular formula is C22H27Cl2N5O2. The number of aromatic nitrogens is 2. The molecule has 2 aromatic heterocycles. The number of ether oxygens (including phenoxy) is 1. The van der Waals surface area contributed by atoms with Gasteiger partial charge in [-0.25, -0.2) is 4.98 Å². The minimum atomic E-state index is 0. The predicted octanol–water partition coefficient (Wildman–Crippen LogP) is 2.88. The van der Waals surface area contributed by atoms with Gasteiger partial charge in [-0.3, -0.25) is 9.78 Å². The van der Waals surface area contributed by atoms with Crippen molar-refractivity contribution in [2.75, 3.05) is 31.6 Å². The smallest absolute Gasteiger partial charge is 0.223 e. The number of amides is 1. The van der Waals surface area contributed by atoms with Gasteiger partial charge in [-0.1, -0.05) is 11.6 Å². The predicted molar refractivity (Wildman–Crippen MR) is 122 cm³/mol. The van der Waals surface area contributed by atoms with Crippen LogP contribution in [0.25, 0.3) is 0 Å². The van der Waals surface area contributed by atoms with E-state index in [2.05, 4.69) is 22.1 Å². The average Bonchev–Trinajstić information content (AvgIpc) is 3.15. The summed E-state index contributed by atoms with van der Waals surface area (Å²) in [7, 11) is 1.63. The molecule has 31 heavy (non-hydrogen) atoms. The average molecular weight is 464 g/mol. The third-order valence-electron chi connectivity index (χ3n) is 6.51. The van der Waals surface area contributed by atoms with E-state index >= 15 is 0 Å². The number of methoxy groups -OCH3 is 1. The van der Waals surface area contributed by atoms with Gasteiger partial charge < -0.3 is 19.9 Å². The number of hydrogen-bond donors (Lipinski definition) is 1. The Labute approximate surface area is 193 Å². The molecule has 0 spiro atoms. The molecule has 1 saturated heterocycles. The van der Waals surface area contributed by atoms with Crippen molar-refractivity contribution in [2.45, 2.75) is 39.4 Å². The van der Waals surface area contributed by atoms with Crippen LogP contribution in [0.5, 0.6) is 5.75 Å². The molecule has 0 aliphatic carbocycles. The highest BCUT2D eigenvalue weighted by Crippen LogP contribution is 2.36. The number of fused-ring (bicyclic) bond motifs is 3. The first-order chi connectivity index (χ1) is 14.5. The van der Waals surface area contributed by atoms with Crippen molar-refractivity contribution in [3.8, 4) is 5.75 Å². The van der Waals surface area contributed by atoms with Crippen molar-refractivity contribution in [1.82, 2.24) is 20.2 Å². The number of carbonyl (C=O) groups excluding carboxylic acids is 1. The van der Waals surface area contributed by atoms with Gasteiger partial charge in [0.1, 0.15) is 5.15 Å². The maximum absolute atomic E-state index is 13.0. The Bertz CT molecular complexity index is 1010. The van der Waals surface area contributed by atoms with Crippen LogP contribution in [0, 0.1) is 12.8 Å². The lowest BCUT2D eigenvalue weighted by atomic mass is 9.94. The van der Waals surface area contributed by atoms with Crippen LogP contribution >= 0.6 is 24.0 Å². The van der Waals surface area contributed by atoms with Gasteiger partial charge in [0.25, 0.3) is 0 Å². The van der Waals surface area contributed by atoms with E-state index in [1.165, 1.54) is 16.7 Å². The van der Waals surface area contributed by atoms with E-state index in [1.54, 1.807) is 13.3 Å². The molecule has 5 rings (SSSR count). The van der Waals surface area contributed by atoms with E-state index in [9.17, 15) is 4.79 Å². The first-order valence-electron chi connectivity index (χ1n) is 10.5.